The molecule has 5 nitrogen and oxygen atoms in total. The summed E-state index contributed by atoms with van der Waals surface area (Å²) in [4.78, 5) is 15.7. The highest BCUT2D eigenvalue weighted by Crippen LogP contribution is 2.23. The Bertz CT molecular complexity index is 858. The zero-order chi connectivity index (χ0) is 18.4. The van der Waals surface area contributed by atoms with Crippen LogP contribution >= 0.6 is 0 Å². The molecular weight excluding hydrogens is 328 g/mol. The Labute approximate surface area is 153 Å². The number of aromatic nitrogens is 1. The van der Waals surface area contributed by atoms with Crippen LogP contribution in [0, 0.1) is 0 Å². The van der Waals surface area contributed by atoms with Crippen molar-refractivity contribution in [3.8, 4) is 11.5 Å². The first kappa shape index (κ1) is 17.9. The van der Waals surface area contributed by atoms with E-state index in [-0.39, 0.29) is 5.91 Å². The number of methoxy groups -OCH3 is 1. The number of para-hydroxylation sites is 1. The van der Waals surface area contributed by atoms with Crippen LogP contribution in [-0.2, 0) is 11.2 Å². The molecule has 0 saturated carbocycles. The van der Waals surface area contributed by atoms with E-state index in [2.05, 4.69) is 10.3 Å². The molecule has 0 bridgehead atoms. The van der Waals surface area contributed by atoms with E-state index in [0.29, 0.717) is 18.7 Å². The molecule has 1 amide bonds. The summed E-state index contributed by atoms with van der Waals surface area (Å²) in [5.41, 5.74) is 2.21. The predicted molar refractivity (Wildman–Crippen MR) is 103 cm³/mol. The van der Waals surface area contributed by atoms with Gasteiger partial charge in [0, 0.05) is 23.6 Å². The summed E-state index contributed by atoms with van der Waals surface area (Å²) in [6.45, 7) is 2.50. The molecule has 1 aromatic heterocycles. The van der Waals surface area contributed by atoms with Crippen LogP contribution < -0.4 is 14.8 Å². The third-order valence-corrected chi connectivity index (χ3v) is 4.35. The zero-order valence-corrected chi connectivity index (χ0v) is 15.1. The number of benzene rings is 2. The molecule has 1 atom stereocenters. The maximum Gasteiger partial charge on any atom is 0.261 e. The maximum absolute atomic E-state index is 12.4. The topological polar surface area (TPSA) is 63.3 Å². The number of ether oxygens (including phenoxy) is 2. The van der Waals surface area contributed by atoms with E-state index in [4.69, 9.17) is 9.47 Å². The van der Waals surface area contributed by atoms with Gasteiger partial charge in [0.2, 0.25) is 0 Å². The third kappa shape index (κ3) is 4.17. The summed E-state index contributed by atoms with van der Waals surface area (Å²) in [5, 5.41) is 4.09. The number of hydrogen-bond donors (Lipinski definition) is 2. The van der Waals surface area contributed by atoms with Gasteiger partial charge in [-0.1, -0.05) is 25.1 Å². The van der Waals surface area contributed by atoms with Crippen LogP contribution in [0.5, 0.6) is 11.5 Å². The third-order valence-electron chi connectivity index (χ3n) is 4.35. The molecule has 5 heteroatoms. The molecule has 0 aliphatic carbocycles. The first-order chi connectivity index (χ1) is 12.7. The number of nitrogens with one attached hydrogen (secondary N) is 2. The van der Waals surface area contributed by atoms with Gasteiger partial charge in [-0.05, 0) is 48.7 Å². The van der Waals surface area contributed by atoms with Crippen molar-refractivity contribution >= 4 is 16.8 Å². The Hall–Kier alpha value is -2.95. The molecule has 0 spiro atoms. The minimum Gasteiger partial charge on any atom is -0.497 e. The molecule has 0 fully saturated rings. The molecule has 0 radical (unpaired) electrons. The average Bonchev–Trinajstić information content (AvgIpc) is 3.09. The van der Waals surface area contributed by atoms with Crippen LogP contribution in [0.15, 0.2) is 54.7 Å². The largest absolute Gasteiger partial charge is 0.497 e. The summed E-state index contributed by atoms with van der Waals surface area (Å²) in [6, 6.07) is 15.4. The van der Waals surface area contributed by atoms with Gasteiger partial charge in [-0.25, -0.2) is 0 Å². The molecule has 2 aromatic carbocycles. The van der Waals surface area contributed by atoms with E-state index < -0.39 is 6.10 Å². The number of aromatic amines is 1. The Kier molecular flexibility index (Phi) is 5.79. The summed E-state index contributed by atoms with van der Waals surface area (Å²) < 4.78 is 11.1. The number of rotatable bonds is 8. The SMILES string of the molecule is CCC(Oc1ccccc1)C(=O)NCCc1c[nH]c2ccc(OC)cc12. The minimum absolute atomic E-state index is 0.0891. The Morgan fingerprint density at radius 2 is 1.96 bits per heavy atom. The highest BCUT2D eigenvalue weighted by atomic mass is 16.5. The summed E-state index contributed by atoms with van der Waals surface area (Å²) >= 11 is 0. The second-order valence-electron chi connectivity index (χ2n) is 6.09. The molecule has 3 rings (SSSR count). The second-order valence-corrected chi connectivity index (χ2v) is 6.09. The van der Waals surface area contributed by atoms with Crippen LogP contribution in [0.1, 0.15) is 18.9 Å². The van der Waals surface area contributed by atoms with Crippen molar-refractivity contribution in [1.29, 1.82) is 0 Å². The van der Waals surface area contributed by atoms with Gasteiger partial charge in [0.15, 0.2) is 6.10 Å². The highest BCUT2D eigenvalue weighted by Gasteiger charge is 2.18. The lowest BCUT2D eigenvalue weighted by Crippen LogP contribution is -2.38. The van der Waals surface area contributed by atoms with Crippen molar-refractivity contribution in [2.24, 2.45) is 0 Å². The summed E-state index contributed by atoms with van der Waals surface area (Å²) in [6.07, 6.45) is 2.85. The molecule has 3 aromatic rings. The summed E-state index contributed by atoms with van der Waals surface area (Å²) in [7, 11) is 1.66. The average molecular weight is 352 g/mol. The van der Waals surface area contributed by atoms with Crippen molar-refractivity contribution < 1.29 is 14.3 Å². The van der Waals surface area contributed by atoms with Gasteiger partial charge in [0.1, 0.15) is 11.5 Å². The fraction of sp³-hybridized carbons (Fsp3) is 0.286. The number of fused-ring (bicyclic) bond motifs is 1. The smallest absolute Gasteiger partial charge is 0.261 e. The lowest BCUT2D eigenvalue weighted by Gasteiger charge is -2.17. The van der Waals surface area contributed by atoms with Gasteiger partial charge in [-0.2, -0.15) is 0 Å². The molecule has 0 aliphatic heterocycles. The van der Waals surface area contributed by atoms with Crippen molar-refractivity contribution in [2.75, 3.05) is 13.7 Å². The molecule has 136 valence electrons. The normalized spacial score (nSPS) is 11.9. The van der Waals surface area contributed by atoms with Crippen molar-refractivity contribution in [3.05, 3.63) is 60.3 Å². The van der Waals surface area contributed by atoms with Crippen LogP contribution in [-0.4, -0.2) is 30.6 Å². The van der Waals surface area contributed by atoms with E-state index in [1.807, 2.05) is 61.7 Å². The lowest BCUT2D eigenvalue weighted by molar-refractivity contribution is -0.128. The van der Waals surface area contributed by atoms with E-state index in [9.17, 15) is 4.79 Å². The minimum atomic E-state index is -0.486. The quantitative estimate of drug-likeness (QED) is 0.650. The van der Waals surface area contributed by atoms with E-state index in [1.54, 1.807) is 7.11 Å². The Morgan fingerprint density at radius 1 is 1.15 bits per heavy atom. The van der Waals surface area contributed by atoms with Gasteiger partial charge in [-0.15, -0.1) is 0 Å². The van der Waals surface area contributed by atoms with Gasteiger partial charge < -0.3 is 19.8 Å². The first-order valence-electron chi connectivity index (χ1n) is 8.84. The monoisotopic (exact) mass is 352 g/mol. The fourth-order valence-corrected chi connectivity index (χ4v) is 2.91. The number of carbonyl (C=O) groups is 1. The molecule has 1 heterocycles. The number of amides is 1. The van der Waals surface area contributed by atoms with E-state index in [0.717, 1.165) is 28.6 Å². The van der Waals surface area contributed by atoms with Gasteiger partial charge in [-0.3, -0.25) is 4.79 Å². The Balaban J connectivity index is 1.57. The fourth-order valence-electron chi connectivity index (χ4n) is 2.91. The van der Waals surface area contributed by atoms with Crippen molar-refractivity contribution in [3.63, 3.8) is 0 Å². The van der Waals surface area contributed by atoms with Gasteiger partial charge in [0.25, 0.3) is 5.91 Å². The van der Waals surface area contributed by atoms with Crippen molar-refractivity contribution in [1.82, 2.24) is 10.3 Å². The lowest BCUT2D eigenvalue weighted by atomic mass is 10.1. The van der Waals surface area contributed by atoms with Crippen LogP contribution in [0.2, 0.25) is 0 Å². The molecule has 1 unspecified atom stereocenters. The molecular formula is C21H24N2O3. The number of carbonyl (C=O) groups excluding carboxylic acids is 1. The second kappa shape index (κ2) is 8.43. The molecule has 2 N–H and O–H groups in total. The predicted octanol–water partition coefficient (Wildman–Crippen LogP) is 3.69. The number of H-pyrrole nitrogens is 1. The first-order valence-corrected chi connectivity index (χ1v) is 8.84. The highest BCUT2D eigenvalue weighted by molar-refractivity contribution is 5.85. The van der Waals surface area contributed by atoms with Gasteiger partial charge in [0.05, 0.1) is 7.11 Å². The summed E-state index contributed by atoms with van der Waals surface area (Å²) in [5.74, 6) is 1.44. The molecule has 0 saturated heterocycles. The maximum atomic E-state index is 12.4. The van der Waals surface area contributed by atoms with Crippen LogP contribution in [0.25, 0.3) is 10.9 Å². The Morgan fingerprint density at radius 3 is 2.69 bits per heavy atom. The van der Waals surface area contributed by atoms with Crippen LogP contribution in [0.3, 0.4) is 0 Å². The molecule has 26 heavy (non-hydrogen) atoms. The standard InChI is InChI=1S/C21H24N2O3/c1-3-20(26-16-7-5-4-6-8-16)21(24)22-12-11-15-14-23-19-10-9-17(25-2)13-18(15)19/h4-10,13-14,20,23H,3,11-12H2,1-2H3,(H,22,24). The van der Waals surface area contributed by atoms with E-state index in [1.165, 1.54) is 0 Å². The van der Waals surface area contributed by atoms with Crippen LogP contribution in [0.4, 0.5) is 0 Å². The molecule has 0 aliphatic rings. The van der Waals surface area contributed by atoms with Crippen molar-refractivity contribution in [2.45, 2.75) is 25.9 Å². The van der Waals surface area contributed by atoms with E-state index >= 15 is 0 Å². The zero-order valence-electron chi connectivity index (χ0n) is 15.1. The van der Waals surface area contributed by atoms with Gasteiger partial charge >= 0.3 is 0 Å². The number of hydrogen-bond acceptors (Lipinski definition) is 3.